The zero-order chi connectivity index (χ0) is 15.1. The Morgan fingerprint density at radius 2 is 1.86 bits per heavy atom. The van der Waals surface area contributed by atoms with Gasteiger partial charge in [0.1, 0.15) is 11.5 Å². The van der Waals surface area contributed by atoms with Crippen LogP contribution in [-0.4, -0.2) is 16.7 Å². The fourth-order valence-corrected chi connectivity index (χ4v) is 1.90. The molecule has 0 aliphatic carbocycles. The summed E-state index contributed by atoms with van der Waals surface area (Å²) in [6, 6.07) is 7.50. The second-order valence-corrected chi connectivity index (χ2v) is 4.82. The summed E-state index contributed by atoms with van der Waals surface area (Å²) in [5.74, 6) is 2.83. The van der Waals surface area contributed by atoms with Crippen molar-refractivity contribution in [3.8, 4) is 11.5 Å². The maximum atomic E-state index is 5.80. The van der Waals surface area contributed by atoms with Gasteiger partial charge in [0.2, 0.25) is 0 Å². The highest BCUT2D eigenvalue weighted by molar-refractivity contribution is 5.31. The first-order valence-corrected chi connectivity index (χ1v) is 7.45. The van der Waals surface area contributed by atoms with E-state index in [0.717, 1.165) is 36.6 Å². The standard InChI is InChI=1S/C16H22N2O3/c1-4-6-7-15-17-16(21-18-15)12(3)20-14-10-8-13(9-11-14)19-5-2/h8-12H,4-7H2,1-3H3. The van der Waals surface area contributed by atoms with Crippen molar-refractivity contribution in [1.29, 1.82) is 0 Å². The first kappa shape index (κ1) is 15.4. The van der Waals surface area contributed by atoms with Crippen molar-refractivity contribution in [2.45, 2.75) is 46.1 Å². The Labute approximate surface area is 125 Å². The number of hydrogen-bond donors (Lipinski definition) is 0. The van der Waals surface area contributed by atoms with E-state index < -0.39 is 0 Å². The van der Waals surface area contributed by atoms with E-state index in [9.17, 15) is 0 Å². The van der Waals surface area contributed by atoms with Gasteiger partial charge in [-0.25, -0.2) is 0 Å². The molecule has 0 fully saturated rings. The topological polar surface area (TPSA) is 57.4 Å². The van der Waals surface area contributed by atoms with Crippen LogP contribution in [0.4, 0.5) is 0 Å². The first-order valence-electron chi connectivity index (χ1n) is 7.45. The zero-order valence-corrected chi connectivity index (χ0v) is 12.8. The van der Waals surface area contributed by atoms with Gasteiger partial charge in [-0.05, 0) is 44.5 Å². The summed E-state index contributed by atoms with van der Waals surface area (Å²) in [6.07, 6.45) is 2.75. The second kappa shape index (κ2) is 7.67. The van der Waals surface area contributed by atoms with Crippen molar-refractivity contribution in [2.75, 3.05) is 6.61 Å². The molecule has 0 radical (unpaired) electrons. The van der Waals surface area contributed by atoms with Gasteiger partial charge >= 0.3 is 0 Å². The molecule has 1 aromatic carbocycles. The first-order chi connectivity index (χ1) is 10.2. The van der Waals surface area contributed by atoms with Crippen LogP contribution in [0.3, 0.4) is 0 Å². The van der Waals surface area contributed by atoms with Crippen LogP contribution >= 0.6 is 0 Å². The van der Waals surface area contributed by atoms with Gasteiger partial charge in [-0.1, -0.05) is 18.5 Å². The van der Waals surface area contributed by atoms with Gasteiger partial charge in [0, 0.05) is 6.42 Å². The molecule has 1 aromatic heterocycles. The van der Waals surface area contributed by atoms with Crippen LogP contribution in [0, 0.1) is 0 Å². The number of aromatic nitrogens is 2. The molecule has 21 heavy (non-hydrogen) atoms. The van der Waals surface area contributed by atoms with Crippen LogP contribution < -0.4 is 9.47 Å². The fraction of sp³-hybridized carbons (Fsp3) is 0.500. The van der Waals surface area contributed by atoms with Crippen LogP contribution in [0.1, 0.15) is 51.4 Å². The molecule has 0 spiro atoms. The van der Waals surface area contributed by atoms with Gasteiger partial charge < -0.3 is 14.0 Å². The largest absolute Gasteiger partial charge is 0.494 e. The van der Waals surface area contributed by atoms with E-state index in [1.165, 1.54) is 0 Å². The lowest BCUT2D eigenvalue weighted by Gasteiger charge is -2.11. The summed E-state index contributed by atoms with van der Waals surface area (Å²) in [4.78, 5) is 4.36. The molecule has 0 aliphatic rings. The van der Waals surface area contributed by atoms with E-state index in [4.69, 9.17) is 14.0 Å². The van der Waals surface area contributed by atoms with E-state index in [1.54, 1.807) is 0 Å². The minimum absolute atomic E-state index is 0.272. The van der Waals surface area contributed by atoms with Crippen LogP contribution in [0.2, 0.25) is 0 Å². The SMILES string of the molecule is CCCCc1noc(C(C)Oc2ccc(OCC)cc2)n1. The number of rotatable bonds is 8. The number of nitrogens with zero attached hydrogens (tertiary/aromatic N) is 2. The normalized spacial score (nSPS) is 12.1. The molecule has 0 amide bonds. The van der Waals surface area contributed by atoms with Crippen LogP contribution in [0.5, 0.6) is 11.5 Å². The van der Waals surface area contributed by atoms with E-state index in [0.29, 0.717) is 12.5 Å². The van der Waals surface area contributed by atoms with Crippen molar-refractivity contribution in [2.24, 2.45) is 0 Å². The Balaban J connectivity index is 1.93. The predicted octanol–water partition coefficient (Wildman–Crippen LogP) is 3.95. The Morgan fingerprint density at radius 3 is 2.52 bits per heavy atom. The lowest BCUT2D eigenvalue weighted by atomic mass is 10.2. The third-order valence-electron chi connectivity index (χ3n) is 3.03. The summed E-state index contributed by atoms with van der Waals surface area (Å²) in [5, 5.41) is 3.97. The minimum Gasteiger partial charge on any atom is -0.494 e. The lowest BCUT2D eigenvalue weighted by Crippen LogP contribution is -2.04. The highest BCUT2D eigenvalue weighted by Crippen LogP contribution is 2.23. The van der Waals surface area contributed by atoms with Gasteiger partial charge in [0.15, 0.2) is 11.9 Å². The van der Waals surface area contributed by atoms with Crippen molar-refractivity contribution >= 4 is 0 Å². The molecular weight excluding hydrogens is 268 g/mol. The minimum atomic E-state index is -0.272. The van der Waals surface area contributed by atoms with E-state index in [-0.39, 0.29) is 6.10 Å². The van der Waals surface area contributed by atoms with Crippen LogP contribution in [0.25, 0.3) is 0 Å². The van der Waals surface area contributed by atoms with Crippen molar-refractivity contribution in [3.63, 3.8) is 0 Å². The van der Waals surface area contributed by atoms with Gasteiger partial charge in [-0.2, -0.15) is 4.98 Å². The Kier molecular flexibility index (Phi) is 5.60. The van der Waals surface area contributed by atoms with Gasteiger partial charge in [-0.15, -0.1) is 0 Å². The lowest BCUT2D eigenvalue weighted by molar-refractivity contribution is 0.175. The second-order valence-electron chi connectivity index (χ2n) is 4.82. The highest BCUT2D eigenvalue weighted by Gasteiger charge is 2.15. The summed E-state index contributed by atoms with van der Waals surface area (Å²) < 4.78 is 16.4. The van der Waals surface area contributed by atoms with E-state index >= 15 is 0 Å². The average molecular weight is 290 g/mol. The number of unbranched alkanes of at least 4 members (excludes halogenated alkanes) is 1. The Bertz CT molecular complexity index is 537. The Hall–Kier alpha value is -2.04. The number of hydrogen-bond acceptors (Lipinski definition) is 5. The molecule has 5 nitrogen and oxygen atoms in total. The van der Waals surface area contributed by atoms with Crippen molar-refractivity contribution in [1.82, 2.24) is 10.1 Å². The maximum absolute atomic E-state index is 5.80. The Morgan fingerprint density at radius 1 is 1.14 bits per heavy atom. The van der Waals surface area contributed by atoms with E-state index in [2.05, 4.69) is 17.1 Å². The van der Waals surface area contributed by atoms with Crippen LogP contribution in [-0.2, 0) is 6.42 Å². The molecule has 114 valence electrons. The molecule has 0 saturated carbocycles. The van der Waals surface area contributed by atoms with Crippen molar-refractivity contribution in [3.05, 3.63) is 36.0 Å². The van der Waals surface area contributed by atoms with Gasteiger partial charge in [0.25, 0.3) is 5.89 Å². The summed E-state index contributed by atoms with van der Waals surface area (Å²) in [7, 11) is 0. The molecule has 0 bridgehead atoms. The monoisotopic (exact) mass is 290 g/mol. The smallest absolute Gasteiger partial charge is 0.267 e. The molecule has 2 aromatic rings. The number of benzene rings is 1. The molecule has 0 aliphatic heterocycles. The molecule has 2 rings (SSSR count). The predicted molar refractivity (Wildman–Crippen MR) is 79.6 cm³/mol. The van der Waals surface area contributed by atoms with E-state index in [1.807, 2.05) is 38.1 Å². The zero-order valence-electron chi connectivity index (χ0n) is 12.8. The number of aryl methyl sites for hydroxylation is 1. The van der Waals surface area contributed by atoms with Crippen LogP contribution in [0.15, 0.2) is 28.8 Å². The third kappa shape index (κ3) is 4.48. The molecular formula is C16H22N2O3. The number of ether oxygens (including phenoxy) is 2. The highest BCUT2D eigenvalue weighted by atomic mass is 16.5. The molecule has 1 unspecified atom stereocenters. The average Bonchev–Trinajstić information content (AvgIpc) is 2.96. The third-order valence-corrected chi connectivity index (χ3v) is 3.03. The van der Waals surface area contributed by atoms with Gasteiger partial charge in [0.05, 0.1) is 6.61 Å². The summed E-state index contributed by atoms with van der Waals surface area (Å²) in [5.41, 5.74) is 0. The maximum Gasteiger partial charge on any atom is 0.267 e. The van der Waals surface area contributed by atoms with Gasteiger partial charge in [-0.3, -0.25) is 0 Å². The molecule has 0 saturated heterocycles. The van der Waals surface area contributed by atoms with Crippen molar-refractivity contribution < 1.29 is 14.0 Å². The summed E-state index contributed by atoms with van der Waals surface area (Å²) >= 11 is 0. The quantitative estimate of drug-likeness (QED) is 0.736. The molecule has 0 N–H and O–H groups in total. The molecule has 1 heterocycles. The summed E-state index contributed by atoms with van der Waals surface area (Å²) in [6.45, 7) is 6.64. The molecule has 1 atom stereocenters. The molecule has 5 heteroatoms. The fourth-order valence-electron chi connectivity index (χ4n) is 1.90.